The van der Waals surface area contributed by atoms with E-state index in [2.05, 4.69) is 27.5 Å². The summed E-state index contributed by atoms with van der Waals surface area (Å²) in [5.41, 5.74) is 14.4. The van der Waals surface area contributed by atoms with Gasteiger partial charge in [-0.2, -0.15) is 4.98 Å². The van der Waals surface area contributed by atoms with Crippen molar-refractivity contribution in [3.8, 4) is 16.9 Å². The summed E-state index contributed by atoms with van der Waals surface area (Å²) in [6, 6.07) is 12.5. The summed E-state index contributed by atoms with van der Waals surface area (Å²) in [6.07, 6.45) is 4.42. The zero-order valence-electron chi connectivity index (χ0n) is 24.8. The second-order valence-corrected chi connectivity index (χ2v) is 11.1. The molecule has 4 rings (SSSR count). The van der Waals surface area contributed by atoms with Crippen LogP contribution in [0.1, 0.15) is 50.3 Å². The number of fused-ring (bicyclic) bond motifs is 1. The minimum Gasteiger partial charge on any atom is -0.464 e. The minimum atomic E-state index is -0.572. The molecule has 0 aliphatic carbocycles. The maximum absolute atomic E-state index is 15.2. The van der Waals surface area contributed by atoms with Crippen molar-refractivity contribution in [3.63, 3.8) is 0 Å². The molecule has 0 aliphatic rings. The van der Waals surface area contributed by atoms with Gasteiger partial charge in [0.25, 0.3) is 0 Å². The van der Waals surface area contributed by atoms with E-state index >= 15 is 4.39 Å². The number of carbonyl (C=O) groups excluding carboxylic acids is 1. The summed E-state index contributed by atoms with van der Waals surface area (Å²) >= 11 is 6.25. The summed E-state index contributed by atoms with van der Waals surface area (Å²) in [4.78, 5) is 31.2. The predicted molar refractivity (Wildman–Crippen MR) is 171 cm³/mol. The lowest BCUT2D eigenvalue weighted by atomic mass is 10.0. The van der Waals surface area contributed by atoms with Crippen molar-refractivity contribution < 1.29 is 13.9 Å². The van der Waals surface area contributed by atoms with E-state index in [1.165, 1.54) is 11.5 Å². The third kappa shape index (κ3) is 8.65. The number of ether oxygens (including phenoxy) is 1. The zero-order valence-corrected chi connectivity index (χ0v) is 25.5. The Labute approximate surface area is 259 Å². The van der Waals surface area contributed by atoms with E-state index in [0.717, 1.165) is 24.1 Å². The first kappa shape index (κ1) is 32.6. The number of aryl methyl sites for hydroxylation is 1. The molecule has 0 saturated heterocycles. The van der Waals surface area contributed by atoms with Crippen LogP contribution in [-0.4, -0.2) is 52.2 Å². The van der Waals surface area contributed by atoms with Crippen LogP contribution in [0.4, 0.5) is 4.39 Å². The fourth-order valence-corrected chi connectivity index (χ4v) is 5.10. The van der Waals surface area contributed by atoms with Crippen molar-refractivity contribution >= 4 is 34.6 Å². The van der Waals surface area contributed by atoms with Crippen LogP contribution >= 0.6 is 11.6 Å². The lowest BCUT2D eigenvalue weighted by Gasteiger charge is -2.15. The molecule has 13 heteroatoms. The van der Waals surface area contributed by atoms with Crippen LogP contribution < -0.4 is 27.8 Å². The summed E-state index contributed by atoms with van der Waals surface area (Å²) in [5, 5.41) is 14.0. The van der Waals surface area contributed by atoms with Crippen molar-refractivity contribution in [1.29, 1.82) is 5.41 Å². The van der Waals surface area contributed by atoms with Gasteiger partial charge in [0.15, 0.2) is 11.8 Å². The summed E-state index contributed by atoms with van der Waals surface area (Å²) in [5.74, 6) is -0.986. The van der Waals surface area contributed by atoms with Gasteiger partial charge in [0.2, 0.25) is 0 Å². The van der Waals surface area contributed by atoms with Crippen LogP contribution in [0.15, 0.2) is 53.5 Å². The zero-order chi connectivity index (χ0) is 31.8. The first-order valence-electron chi connectivity index (χ1n) is 14.4. The lowest BCUT2D eigenvalue weighted by Crippen LogP contribution is -2.32. The summed E-state index contributed by atoms with van der Waals surface area (Å²) < 4.78 is 21.6. The minimum absolute atomic E-state index is 0.00978. The average molecular weight is 625 g/mol. The number of benzene rings is 2. The van der Waals surface area contributed by atoms with Crippen molar-refractivity contribution in [2.24, 2.45) is 11.5 Å². The first-order valence-corrected chi connectivity index (χ1v) is 14.8. The molecule has 8 N–H and O–H groups in total. The highest BCUT2D eigenvalue weighted by atomic mass is 35.5. The number of aromatic amines is 1. The Balaban J connectivity index is 1.47. The van der Waals surface area contributed by atoms with Crippen LogP contribution in [0.3, 0.4) is 0 Å². The number of guanidine groups is 1. The average Bonchev–Trinajstić information content (AvgIpc) is 3.39. The standard InChI is InChI=1S/C31H38ClFN8O3/c1-18(37-11-4-12-38-30(35)36)21-7-9-24(10-8-21)41-16-22-15-27(39-29(22)40-31(41)43)25-13-20(14-26(32)28(25)33)5-3-6-23(34)17-44-19(2)42/h7-10,13-16,18,23,37H,3-6,11-12,17,34H2,1-2H3,(H4,35,36,38)(H,39,40,43)/t18-,23+/m0/s1. The SMILES string of the molecule is CC(=O)OC[C@H](N)CCCc1cc(Cl)c(F)c(-c2cc3cn(-c4ccc([C@H](C)NCCCNC(=N)N)cc4)c(=O)nc3[nH]2)c1. The molecular weight excluding hydrogens is 587 g/mol. The van der Waals surface area contributed by atoms with E-state index in [1.54, 1.807) is 24.4 Å². The Morgan fingerprint density at radius 1 is 1.20 bits per heavy atom. The van der Waals surface area contributed by atoms with E-state index in [4.69, 9.17) is 33.2 Å². The van der Waals surface area contributed by atoms with Gasteiger partial charge in [-0.25, -0.2) is 9.18 Å². The van der Waals surface area contributed by atoms with Gasteiger partial charge in [0.1, 0.15) is 12.3 Å². The van der Waals surface area contributed by atoms with Crippen molar-refractivity contribution in [1.82, 2.24) is 25.2 Å². The third-order valence-corrected chi connectivity index (χ3v) is 7.49. The first-order chi connectivity index (χ1) is 21.0. The number of halogens is 2. The molecule has 2 atom stereocenters. The third-order valence-electron chi connectivity index (χ3n) is 7.22. The van der Waals surface area contributed by atoms with E-state index in [-0.39, 0.29) is 41.2 Å². The number of nitrogens with one attached hydrogen (secondary N) is 4. The second-order valence-electron chi connectivity index (χ2n) is 10.7. The molecule has 0 unspecified atom stereocenters. The molecular formula is C31H38ClFN8O3. The highest BCUT2D eigenvalue weighted by Crippen LogP contribution is 2.31. The molecule has 0 fully saturated rings. The number of esters is 1. The Morgan fingerprint density at radius 2 is 1.95 bits per heavy atom. The molecule has 0 saturated carbocycles. The number of carbonyl (C=O) groups is 1. The summed E-state index contributed by atoms with van der Waals surface area (Å²) in [6.45, 7) is 4.91. The largest absolute Gasteiger partial charge is 0.464 e. The second kappa shape index (κ2) is 15.0. The van der Waals surface area contributed by atoms with Crippen LogP contribution in [0.2, 0.25) is 5.02 Å². The van der Waals surface area contributed by atoms with Crippen LogP contribution in [-0.2, 0) is 16.0 Å². The Morgan fingerprint density at radius 3 is 2.66 bits per heavy atom. The highest BCUT2D eigenvalue weighted by Gasteiger charge is 2.16. The lowest BCUT2D eigenvalue weighted by molar-refractivity contribution is -0.141. The van der Waals surface area contributed by atoms with Crippen LogP contribution in [0.25, 0.3) is 28.0 Å². The molecule has 234 valence electrons. The normalized spacial score (nSPS) is 12.7. The molecule has 0 amide bonds. The van der Waals surface area contributed by atoms with Gasteiger partial charge < -0.3 is 31.8 Å². The number of nitrogens with two attached hydrogens (primary N) is 2. The van der Waals surface area contributed by atoms with Crippen LogP contribution in [0, 0.1) is 11.2 Å². The topological polar surface area (TPSA) is 177 Å². The molecule has 0 radical (unpaired) electrons. The molecule has 11 nitrogen and oxygen atoms in total. The molecule has 4 aromatic rings. The fraction of sp³-hybridized carbons (Fsp3) is 0.355. The maximum atomic E-state index is 15.2. The smallest absolute Gasteiger partial charge is 0.354 e. The predicted octanol–water partition coefficient (Wildman–Crippen LogP) is 3.91. The van der Waals surface area contributed by atoms with Gasteiger partial charge in [-0.3, -0.25) is 14.8 Å². The quantitative estimate of drug-likeness (QED) is 0.0529. The molecule has 0 aliphatic heterocycles. The van der Waals surface area contributed by atoms with Crippen molar-refractivity contribution in [3.05, 3.63) is 81.1 Å². The number of hydrogen-bond acceptors (Lipinski definition) is 7. The van der Waals surface area contributed by atoms with Gasteiger partial charge in [-0.05, 0) is 80.6 Å². The maximum Gasteiger partial charge on any atom is 0.354 e. The van der Waals surface area contributed by atoms with Gasteiger partial charge in [-0.1, -0.05) is 23.7 Å². The van der Waals surface area contributed by atoms with Gasteiger partial charge in [0.05, 0.1) is 16.4 Å². The molecule has 0 spiro atoms. The van der Waals surface area contributed by atoms with Gasteiger partial charge in [-0.15, -0.1) is 0 Å². The van der Waals surface area contributed by atoms with Crippen LogP contribution in [0.5, 0.6) is 0 Å². The van der Waals surface area contributed by atoms with E-state index in [0.29, 0.717) is 48.2 Å². The number of H-pyrrole nitrogens is 1. The van der Waals surface area contributed by atoms with E-state index < -0.39 is 11.5 Å². The summed E-state index contributed by atoms with van der Waals surface area (Å²) in [7, 11) is 0. The molecule has 44 heavy (non-hydrogen) atoms. The number of aromatic nitrogens is 3. The molecule has 2 aromatic carbocycles. The molecule has 0 bridgehead atoms. The van der Waals surface area contributed by atoms with E-state index in [1.807, 2.05) is 24.3 Å². The van der Waals surface area contributed by atoms with Gasteiger partial charge in [0, 0.05) is 42.7 Å². The molecule has 2 aromatic heterocycles. The fourth-order valence-electron chi connectivity index (χ4n) is 4.86. The van der Waals surface area contributed by atoms with Crippen molar-refractivity contribution in [2.75, 3.05) is 19.7 Å². The number of rotatable bonds is 14. The number of nitrogens with zero attached hydrogens (tertiary/aromatic N) is 2. The highest BCUT2D eigenvalue weighted by molar-refractivity contribution is 6.31. The molecule has 2 heterocycles. The van der Waals surface area contributed by atoms with Crippen molar-refractivity contribution in [2.45, 2.75) is 51.6 Å². The number of hydrogen-bond donors (Lipinski definition) is 6. The Hall–Kier alpha value is -4.26. The Bertz CT molecular complexity index is 1670. The monoisotopic (exact) mass is 624 g/mol. The van der Waals surface area contributed by atoms with Gasteiger partial charge >= 0.3 is 11.7 Å². The van der Waals surface area contributed by atoms with E-state index in [9.17, 15) is 9.59 Å². The Kier molecular flexibility index (Phi) is 11.1.